The van der Waals surface area contributed by atoms with E-state index in [1.165, 1.54) is 0 Å². The fourth-order valence-corrected chi connectivity index (χ4v) is 3.32. The number of anilines is 5. The van der Waals surface area contributed by atoms with Crippen molar-refractivity contribution in [2.45, 2.75) is 12.8 Å². The van der Waals surface area contributed by atoms with Crippen molar-refractivity contribution in [1.82, 2.24) is 0 Å². The summed E-state index contributed by atoms with van der Waals surface area (Å²) < 4.78 is 11.1. The molecule has 10 nitrogen and oxygen atoms in total. The van der Waals surface area contributed by atoms with Crippen molar-refractivity contribution < 1.29 is 14.3 Å². The summed E-state index contributed by atoms with van der Waals surface area (Å²) >= 11 is 0. The van der Waals surface area contributed by atoms with Gasteiger partial charge in [-0.25, -0.2) is 0 Å². The van der Waals surface area contributed by atoms with E-state index in [0.717, 1.165) is 36.3 Å². The second-order valence-electron chi connectivity index (χ2n) is 7.67. The van der Waals surface area contributed by atoms with E-state index < -0.39 is 0 Å². The van der Waals surface area contributed by atoms with E-state index in [9.17, 15) is 9.70 Å². The normalized spacial score (nSPS) is 10.1. The highest BCUT2D eigenvalue weighted by molar-refractivity contribution is 5.73. The second-order valence-corrected chi connectivity index (χ2v) is 7.67. The van der Waals surface area contributed by atoms with Gasteiger partial charge in [0, 0.05) is 37.8 Å². The lowest BCUT2D eigenvalue weighted by Crippen LogP contribution is -2.18. The number of hydrogen-bond donors (Lipinski definition) is 4. The summed E-state index contributed by atoms with van der Waals surface area (Å²) in [7, 11) is 5.17. The van der Waals surface area contributed by atoms with Gasteiger partial charge in [0.25, 0.3) is 0 Å². The van der Waals surface area contributed by atoms with Crippen LogP contribution in [0.3, 0.4) is 0 Å². The number of nitrogens with zero attached hydrogens (tertiary/aromatic N) is 2. The first-order valence-electron chi connectivity index (χ1n) is 11.1. The number of ether oxygens (including phenoxy) is 2. The third-order valence-electron chi connectivity index (χ3n) is 5.30. The number of hydrazine groups is 2. The Balaban J connectivity index is 1.64. The Morgan fingerprint density at radius 1 is 0.829 bits per heavy atom. The molecular weight excluding hydrogens is 448 g/mol. The zero-order chi connectivity index (χ0) is 25.0. The summed E-state index contributed by atoms with van der Waals surface area (Å²) in [5, 5.41) is 2.89. The van der Waals surface area contributed by atoms with Crippen LogP contribution >= 0.6 is 0 Å². The molecular formula is C25H30N6O4. The molecule has 3 aromatic carbocycles. The first-order valence-corrected chi connectivity index (χ1v) is 11.1. The van der Waals surface area contributed by atoms with Crippen LogP contribution in [-0.4, -0.2) is 34.1 Å². The van der Waals surface area contributed by atoms with Crippen LogP contribution < -0.4 is 36.1 Å². The largest absolute Gasteiger partial charge is 0.494 e. The Morgan fingerprint density at radius 2 is 1.34 bits per heavy atom. The molecule has 184 valence electrons. The van der Waals surface area contributed by atoms with E-state index in [1.54, 1.807) is 44.6 Å². The van der Waals surface area contributed by atoms with Gasteiger partial charge in [0.05, 0.1) is 37.0 Å². The molecule has 0 aliphatic heterocycles. The van der Waals surface area contributed by atoms with Gasteiger partial charge in [0.1, 0.15) is 23.5 Å². The topological polar surface area (TPSA) is 116 Å². The minimum atomic E-state index is 0.356. The highest BCUT2D eigenvalue weighted by Crippen LogP contribution is 2.36. The number of carbonyl (C=O) groups is 1. The van der Waals surface area contributed by atoms with Crippen molar-refractivity contribution in [3.63, 3.8) is 0 Å². The van der Waals surface area contributed by atoms with E-state index in [-0.39, 0.29) is 0 Å². The minimum absolute atomic E-state index is 0.356. The average Bonchev–Trinajstić information content (AvgIpc) is 2.91. The molecule has 0 spiro atoms. The molecule has 0 bridgehead atoms. The number of unbranched alkanes of at least 4 members (excludes halogenated alkanes) is 1. The van der Waals surface area contributed by atoms with E-state index in [0.29, 0.717) is 35.0 Å². The Labute approximate surface area is 204 Å². The number of hydrogen-bond acceptors (Lipinski definition) is 10. The summed E-state index contributed by atoms with van der Waals surface area (Å²) in [5.74, 6) is 1.18. The minimum Gasteiger partial charge on any atom is -0.494 e. The zero-order valence-electron chi connectivity index (χ0n) is 20.0. The molecule has 0 radical (unpaired) electrons. The Kier molecular flexibility index (Phi) is 9.12. The molecule has 10 heteroatoms. The van der Waals surface area contributed by atoms with Gasteiger partial charge in [-0.05, 0) is 60.1 Å². The van der Waals surface area contributed by atoms with Crippen molar-refractivity contribution in [3.8, 4) is 11.5 Å². The van der Waals surface area contributed by atoms with Gasteiger partial charge in [0.2, 0.25) is 0 Å². The summed E-state index contributed by atoms with van der Waals surface area (Å²) in [5.41, 5.74) is 16.9. The number of benzene rings is 3. The van der Waals surface area contributed by atoms with E-state index in [2.05, 4.69) is 31.8 Å². The SMILES string of the molecule is COc1cc(NNc2ccc(N(C)CCCC=O)cc2)c(OC)cc1NNc1ccc(N=O)cc1. The van der Waals surface area contributed by atoms with Crippen LogP contribution in [0.5, 0.6) is 11.5 Å². The summed E-state index contributed by atoms with van der Waals surface area (Å²) in [6, 6.07) is 18.3. The zero-order valence-corrected chi connectivity index (χ0v) is 20.0. The molecule has 0 aromatic heterocycles. The average molecular weight is 479 g/mol. The number of carbonyl (C=O) groups excluding carboxylic acids is 1. The molecule has 3 rings (SSSR count). The van der Waals surface area contributed by atoms with Crippen LogP contribution in [0, 0.1) is 4.91 Å². The van der Waals surface area contributed by atoms with Crippen molar-refractivity contribution in [1.29, 1.82) is 0 Å². The van der Waals surface area contributed by atoms with Crippen LogP contribution in [0.4, 0.5) is 34.1 Å². The lowest BCUT2D eigenvalue weighted by molar-refractivity contribution is -0.107. The maximum atomic E-state index is 10.6. The van der Waals surface area contributed by atoms with Gasteiger partial charge >= 0.3 is 0 Å². The Hall–Kier alpha value is -4.47. The van der Waals surface area contributed by atoms with Crippen LogP contribution in [-0.2, 0) is 4.79 Å². The molecule has 35 heavy (non-hydrogen) atoms. The van der Waals surface area contributed by atoms with Crippen molar-refractivity contribution in [2.75, 3.05) is 54.4 Å². The second kappa shape index (κ2) is 12.7. The van der Waals surface area contributed by atoms with Crippen molar-refractivity contribution >= 4 is 40.4 Å². The maximum absolute atomic E-state index is 10.6. The van der Waals surface area contributed by atoms with Crippen LogP contribution in [0.2, 0.25) is 0 Å². The van der Waals surface area contributed by atoms with Gasteiger partial charge in [-0.3, -0.25) is 10.9 Å². The van der Waals surface area contributed by atoms with E-state index in [1.807, 2.05) is 37.4 Å². The third kappa shape index (κ3) is 7.00. The van der Waals surface area contributed by atoms with Crippen LogP contribution in [0.25, 0.3) is 0 Å². The highest BCUT2D eigenvalue weighted by atomic mass is 16.5. The summed E-state index contributed by atoms with van der Waals surface area (Å²) in [6.45, 7) is 0.817. The van der Waals surface area contributed by atoms with Crippen LogP contribution in [0.15, 0.2) is 65.8 Å². The van der Waals surface area contributed by atoms with E-state index >= 15 is 0 Å². The Bertz CT molecular complexity index is 1110. The van der Waals surface area contributed by atoms with Gasteiger partial charge in [-0.1, -0.05) is 0 Å². The highest BCUT2D eigenvalue weighted by Gasteiger charge is 2.12. The molecule has 0 fully saturated rings. The fourth-order valence-electron chi connectivity index (χ4n) is 3.32. The van der Waals surface area contributed by atoms with Crippen molar-refractivity contribution in [3.05, 3.63) is 65.6 Å². The van der Waals surface area contributed by atoms with Gasteiger partial charge in [-0.2, -0.15) is 0 Å². The quantitative estimate of drug-likeness (QED) is 0.105. The molecule has 0 aliphatic rings. The monoisotopic (exact) mass is 478 g/mol. The van der Waals surface area contributed by atoms with Gasteiger partial charge < -0.3 is 30.0 Å². The summed E-state index contributed by atoms with van der Waals surface area (Å²) in [4.78, 5) is 23.2. The standard InChI is InChI=1S/C25H30N6O4/c1-31(14-4-5-15-32)21-12-10-19(11-13-21)27-29-23-17-24(34-2)22(16-25(23)35-3)28-26-18-6-8-20(30-33)9-7-18/h6-13,15-17,26-29H,4-5,14H2,1-3H3. The molecule has 0 heterocycles. The molecule has 3 aromatic rings. The fraction of sp³-hybridized carbons (Fsp3) is 0.240. The van der Waals surface area contributed by atoms with Crippen molar-refractivity contribution in [2.24, 2.45) is 5.18 Å². The third-order valence-corrected chi connectivity index (χ3v) is 5.30. The summed E-state index contributed by atoms with van der Waals surface area (Å²) in [6.07, 6.45) is 2.34. The molecule has 4 N–H and O–H groups in total. The number of aldehydes is 1. The first-order chi connectivity index (χ1) is 17.1. The van der Waals surface area contributed by atoms with Gasteiger partial charge in [-0.15, -0.1) is 4.91 Å². The predicted octanol–water partition coefficient (Wildman–Crippen LogP) is 5.40. The Morgan fingerprint density at radius 3 is 1.80 bits per heavy atom. The van der Waals surface area contributed by atoms with Gasteiger partial charge in [0.15, 0.2) is 0 Å². The molecule has 0 saturated heterocycles. The molecule has 0 atom stereocenters. The van der Waals surface area contributed by atoms with E-state index in [4.69, 9.17) is 9.47 Å². The smallest absolute Gasteiger partial charge is 0.146 e. The lowest BCUT2D eigenvalue weighted by atomic mass is 10.2. The van der Waals surface area contributed by atoms with Crippen LogP contribution in [0.1, 0.15) is 12.8 Å². The first kappa shape index (κ1) is 25.2. The number of methoxy groups -OCH3 is 2. The number of nitroso groups, excluding NO2 is 1. The number of nitrogens with one attached hydrogen (secondary N) is 4. The predicted molar refractivity (Wildman–Crippen MR) is 141 cm³/mol. The molecule has 0 unspecified atom stereocenters. The number of rotatable bonds is 14. The molecule has 0 aliphatic carbocycles. The molecule has 0 amide bonds. The lowest BCUT2D eigenvalue weighted by Gasteiger charge is -2.20. The maximum Gasteiger partial charge on any atom is 0.146 e. The molecule has 0 saturated carbocycles.